The average Bonchev–Trinajstić information content (AvgIpc) is 3.44. The number of aryl methyl sites for hydroxylation is 1. The van der Waals surface area contributed by atoms with E-state index in [0.29, 0.717) is 13.1 Å². The molecule has 0 fully saturated rings. The van der Waals surface area contributed by atoms with Crippen molar-refractivity contribution < 1.29 is 22.4 Å². The van der Waals surface area contributed by atoms with E-state index in [9.17, 15) is 18.0 Å². The quantitative estimate of drug-likeness (QED) is 0.182. The van der Waals surface area contributed by atoms with Crippen molar-refractivity contribution in [2.75, 3.05) is 0 Å². The van der Waals surface area contributed by atoms with Gasteiger partial charge in [-0.2, -0.15) is 13.2 Å². The van der Waals surface area contributed by atoms with Crippen molar-refractivity contribution in [1.29, 1.82) is 0 Å². The van der Waals surface area contributed by atoms with Gasteiger partial charge in [0, 0.05) is 19.0 Å². The number of carbonyl (C=O) groups excluding carboxylic acids is 1. The molecule has 0 aliphatic carbocycles. The fourth-order valence-electron chi connectivity index (χ4n) is 5.16. The van der Waals surface area contributed by atoms with Crippen LogP contribution in [0.1, 0.15) is 53.5 Å². The topological polar surface area (TPSA) is 33.5 Å². The molecule has 0 bridgehead atoms. The van der Waals surface area contributed by atoms with Crippen molar-refractivity contribution in [1.82, 2.24) is 4.90 Å². The van der Waals surface area contributed by atoms with E-state index in [2.05, 4.69) is 36.1 Å². The Labute approximate surface area is 238 Å². The van der Waals surface area contributed by atoms with Crippen molar-refractivity contribution in [3.8, 4) is 11.1 Å². The van der Waals surface area contributed by atoms with Crippen molar-refractivity contribution in [2.45, 2.75) is 52.5 Å². The Balaban J connectivity index is 1.43. The molecule has 0 N–H and O–H groups in total. The zero-order valence-corrected chi connectivity index (χ0v) is 23.3. The number of furan rings is 1. The molecule has 1 heterocycles. The van der Waals surface area contributed by atoms with E-state index in [1.165, 1.54) is 6.07 Å². The van der Waals surface area contributed by atoms with E-state index in [1.807, 2.05) is 67.6 Å². The summed E-state index contributed by atoms with van der Waals surface area (Å²) >= 11 is 0. The van der Waals surface area contributed by atoms with Crippen molar-refractivity contribution >= 4 is 16.6 Å². The fraction of sp³-hybridized carbons (Fsp3) is 0.229. The lowest BCUT2D eigenvalue weighted by Crippen LogP contribution is -2.23. The van der Waals surface area contributed by atoms with Gasteiger partial charge in [0.1, 0.15) is 11.5 Å². The maximum Gasteiger partial charge on any atom is 0.449 e. The molecular formula is C35H32F3NO2. The minimum Gasteiger partial charge on any atom is -0.455 e. The van der Waals surface area contributed by atoms with Crippen LogP contribution in [0.3, 0.4) is 0 Å². The van der Waals surface area contributed by atoms with Gasteiger partial charge < -0.3 is 4.42 Å². The summed E-state index contributed by atoms with van der Waals surface area (Å²) in [6.07, 6.45) is -4.52. The number of hydrogen-bond acceptors (Lipinski definition) is 3. The number of halogens is 3. The highest BCUT2D eigenvalue weighted by Crippen LogP contribution is 2.32. The predicted molar refractivity (Wildman–Crippen MR) is 156 cm³/mol. The summed E-state index contributed by atoms with van der Waals surface area (Å²) in [5.41, 5.74) is 6.33. The Kier molecular flexibility index (Phi) is 8.13. The molecule has 210 valence electrons. The highest BCUT2D eigenvalue weighted by atomic mass is 19.4. The van der Waals surface area contributed by atoms with Gasteiger partial charge in [-0.3, -0.25) is 9.69 Å². The third-order valence-electron chi connectivity index (χ3n) is 7.67. The number of alkyl halides is 3. The zero-order chi connectivity index (χ0) is 29.1. The molecule has 3 nitrogen and oxygen atoms in total. The Morgan fingerprint density at radius 1 is 0.829 bits per heavy atom. The highest BCUT2D eigenvalue weighted by Gasteiger charge is 2.34. The van der Waals surface area contributed by atoms with Crippen LogP contribution in [0, 0.1) is 6.92 Å². The summed E-state index contributed by atoms with van der Waals surface area (Å²) in [5.74, 6) is -0.764. The normalized spacial score (nSPS) is 12.7. The van der Waals surface area contributed by atoms with Gasteiger partial charge in [-0.25, -0.2) is 0 Å². The lowest BCUT2D eigenvalue weighted by atomic mass is 9.94. The van der Waals surface area contributed by atoms with Crippen LogP contribution in [0.5, 0.6) is 0 Å². The molecule has 4 aromatic carbocycles. The molecule has 5 rings (SSSR count). The first kappa shape index (κ1) is 28.4. The third kappa shape index (κ3) is 6.60. The molecule has 1 atom stereocenters. The summed E-state index contributed by atoms with van der Waals surface area (Å²) in [7, 11) is 0. The predicted octanol–water partition coefficient (Wildman–Crippen LogP) is 9.32. The molecule has 5 aromatic rings. The first-order chi connectivity index (χ1) is 19.6. The van der Waals surface area contributed by atoms with Crippen LogP contribution in [-0.4, -0.2) is 10.7 Å². The molecule has 0 spiro atoms. The van der Waals surface area contributed by atoms with Gasteiger partial charge in [0.15, 0.2) is 0 Å². The SMILES string of the molecule is CC(=O)[C@H](C)c1cccc(-c2ccc(CN(Cc3ccc(C(F)(F)F)o3)Cc3c(C)ccc4ccccc34)cc2)c1. The summed E-state index contributed by atoms with van der Waals surface area (Å²) in [6.45, 7) is 6.86. The number of Topliss-reactive ketones (excluding diaryl/α,β-unsaturated/α-hetero) is 1. The molecule has 6 heteroatoms. The Morgan fingerprint density at radius 3 is 2.29 bits per heavy atom. The Hall–Kier alpha value is -4.16. The number of hydrogen-bond donors (Lipinski definition) is 0. The van der Waals surface area contributed by atoms with Crippen LogP contribution in [0.15, 0.2) is 101 Å². The van der Waals surface area contributed by atoms with Crippen LogP contribution >= 0.6 is 0 Å². The van der Waals surface area contributed by atoms with E-state index in [4.69, 9.17) is 4.42 Å². The van der Waals surface area contributed by atoms with E-state index >= 15 is 0 Å². The van der Waals surface area contributed by atoms with E-state index < -0.39 is 11.9 Å². The molecule has 0 saturated carbocycles. The minimum atomic E-state index is -4.52. The van der Waals surface area contributed by atoms with E-state index in [1.54, 1.807) is 6.92 Å². The first-order valence-corrected chi connectivity index (χ1v) is 13.6. The van der Waals surface area contributed by atoms with Crippen LogP contribution in [-0.2, 0) is 30.6 Å². The second kappa shape index (κ2) is 11.8. The Bertz CT molecular complexity index is 1670. The monoisotopic (exact) mass is 555 g/mol. The van der Waals surface area contributed by atoms with Gasteiger partial charge >= 0.3 is 6.18 Å². The maximum atomic E-state index is 13.2. The molecule has 0 amide bonds. The minimum absolute atomic E-state index is 0.123. The molecule has 1 aromatic heterocycles. The fourth-order valence-corrected chi connectivity index (χ4v) is 5.16. The lowest BCUT2D eigenvalue weighted by Gasteiger charge is -2.24. The lowest BCUT2D eigenvalue weighted by molar-refractivity contribution is -0.153. The van der Waals surface area contributed by atoms with Gasteiger partial charge in [0.05, 0.1) is 6.54 Å². The van der Waals surface area contributed by atoms with Gasteiger partial charge in [0.25, 0.3) is 0 Å². The smallest absolute Gasteiger partial charge is 0.449 e. The van der Waals surface area contributed by atoms with Crippen LogP contribution < -0.4 is 0 Å². The number of rotatable bonds is 9. The zero-order valence-electron chi connectivity index (χ0n) is 23.3. The number of nitrogens with zero attached hydrogens (tertiary/aromatic N) is 1. The number of ketones is 1. The summed E-state index contributed by atoms with van der Waals surface area (Å²) in [4.78, 5) is 14.0. The summed E-state index contributed by atoms with van der Waals surface area (Å²) in [6, 6.07) is 30.9. The van der Waals surface area contributed by atoms with Gasteiger partial charge in [-0.1, -0.05) is 91.9 Å². The molecule has 0 radical (unpaired) electrons. The van der Waals surface area contributed by atoms with Crippen molar-refractivity contribution in [3.63, 3.8) is 0 Å². The highest BCUT2D eigenvalue weighted by molar-refractivity contribution is 5.86. The molecule has 0 aliphatic rings. The van der Waals surface area contributed by atoms with E-state index in [-0.39, 0.29) is 24.0 Å². The number of benzene rings is 4. The Morgan fingerprint density at radius 2 is 1.59 bits per heavy atom. The number of carbonyl (C=O) groups is 1. The van der Waals surface area contributed by atoms with Gasteiger partial charge in [-0.15, -0.1) is 0 Å². The van der Waals surface area contributed by atoms with Crippen LogP contribution in [0.2, 0.25) is 0 Å². The largest absolute Gasteiger partial charge is 0.455 e. The van der Waals surface area contributed by atoms with Crippen molar-refractivity contribution in [3.05, 3.63) is 131 Å². The molecule has 0 saturated heterocycles. The standard InChI is InChI=1S/C35H32F3NO2/c1-23-11-14-28-7-4-5-10-32(28)33(23)22-39(21-31-17-18-34(41-31)35(36,37)38)20-26-12-15-27(16-13-26)30-9-6-8-29(19-30)24(2)25(3)40/h4-19,24H,20-22H2,1-3H3/t24-/m0/s1. The van der Waals surface area contributed by atoms with E-state index in [0.717, 1.165) is 50.2 Å². The second-order valence-corrected chi connectivity index (χ2v) is 10.6. The first-order valence-electron chi connectivity index (χ1n) is 13.6. The van der Waals surface area contributed by atoms with Gasteiger partial charge in [-0.05, 0) is 70.1 Å². The average molecular weight is 556 g/mol. The van der Waals surface area contributed by atoms with Crippen molar-refractivity contribution in [2.24, 2.45) is 0 Å². The third-order valence-corrected chi connectivity index (χ3v) is 7.67. The van der Waals surface area contributed by atoms with Crippen LogP contribution in [0.25, 0.3) is 21.9 Å². The molecular weight excluding hydrogens is 523 g/mol. The van der Waals surface area contributed by atoms with Gasteiger partial charge in [0.2, 0.25) is 5.76 Å². The molecule has 0 aliphatic heterocycles. The maximum absolute atomic E-state index is 13.2. The van der Waals surface area contributed by atoms with Crippen LogP contribution in [0.4, 0.5) is 13.2 Å². The summed E-state index contributed by atoms with van der Waals surface area (Å²) in [5, 5.41) is 2.25. The molecule has 0 unspecified atom stereocenters. The molecule has 41 heavy (non-hydrogen) atoms. The number of fused-ring (bicyclic) bond motifs is 1. The second-order valence-electron chi connectivity index (χ2n) is 10.6. The summed E-state index contributed by atoms with van der Waals surface area (Å²) < 4.78 is 44.9.